The molecule has 240 valence electrons. The molecule has 0 amide bonds. The van der Waals surface area contributed by atoms with Crippen LogP contribution in [0.1, 0.15) is 50.6 Å². The van der Waals surface area contributed by atoms with Gasteiger partial charge >= 0.3 is 17.9 Å². The predicted octanol–water partition coefficient (Wildman–Crippen LogP) is 5.58. The number of ether oxygens (including phenoxy) is 4. The Balaban J connectivity index is 1.37. The highest BCUT2D eigenvalue weighted by molar-refractivity contribution is 7.99. The first kappa shape index (κ1) is 32.1. The molecule has 1 aliphatic rings. The van der Waals surface area contributed by atoms with Gasteiger partial charge in [0.2, 0.25) is 11.9 Å². The second kappa shape index (κ2) is 14.7. The standard InChI is InChI=1S/C33H28ClN5O7S/c1-2-18-47-33-35-27(34)24-28(36-33)38-39(37-24)29-26(46-32(42)22-16-10-5-11-17-22)25(45-31(41)21-14-8-4-9-15-21)23(44-29)19-43-30(40)20-12-6-3-7-13-20/h3-17,23,25-26,29H,2,18-19H2,1H3/t23-,25-,26-,29-/m1/s1. The van der Waals surface area contributed by atoms with E-state index >= 15 is 0 Å². The first-order valence-electron chi connectivity index (χ1n) is 14.7. The minimum atomic E-state index is -1.29. The summed E-state index contributed by atoms with van der Waals surface area (Å²) in [6.07, 6.45) is -3.98. The summed E-state index contributed by atoms with van der Waals surface area (Å²) in [5, 5.41) is 9.47. The van der Waals surface area contributed by atoms with Crippen molar-refractivity contribution in [3.8, 4) is 0 Å². The van der Waals surface area contributed by atoms with Gasteiger partial charge in [-0.15, -0.1) is 15.0 Å². The number of hydrogen-bond acceptors (Lipinski definition) is 12. The second-order valence-corrected chi connectivity index (χ2v) is 11.8. The van der Waals surface area contributed by atoms with Crippen molar-refractivity contribution in [2.45, 2.75) is 43.0 Å². The van der Waals surface area contributed by atoms with Gasteiger partial charge in [0.15, 0.2) is 28.0 Å². The fourth-order valence-electron chi connectivity index (χ4n) is 4.79. The molecule has 47 heavy (non-hydrogen) atoms. The molecule has 1 fully saturated rings. The highest BCUT2D eigenvalue weighted by Gasteiger charge is 2.52. The van der Waals surface area contributed by atoms with E-state index < -0.39 is 42.4 Å². The second-order valence-electron chi connectivity index (χ2n) is 10.3. The molecule has 0 N–H and O–H groups in total. The van der Waals surface area contributed by atoms with Crippen molar-refractivity contribution >= 4 is 52.4 Å². The molecule has 0 radical (unpaired) electrons. The van der Waals surface area contributed by atoms with Gasteiger partial charge in [0.1, 0.15) is 12.7 Å². The van der Waals surface area contributed by atoms with Crippen molar-refractivity contribution in [1.82, 2.24) is 25.0 Å². The van der Waals surface area contributed by atoms with Crippen LogP contribution in [0.15, 0.2) is 96.2 Å². The summed E-state index contributed by atoms with van der Waals surface area (Å²) in [5.74, 6) is -1.26. The molecule has 3 aromatic carbocycles. The Bertz CT molecular complexity index is 1860. The number of rotatable bonds is 11. The smallest absolute Gasteiger partial charge is 0.338 e. The maximum Gasteiger partial charge on any atom is 0.338 e. The lowest BCUT2D eigenvalue weighted by atomic mass is 10.1. The monoisotopic (exact) mass is 673 g/mol. The van der Waals surface area contributed by atoms with E-state index in [9.17, 15) is 14.4 Å². The van der Waals surface area contributed by atoms with E-state index in [0.29, 0.717) is 10.7 Å². The number of thioether (sulfide) groups is 1. The van der Waals surface area contributed by atoms with Crippen LogP contribution in [0, 0.1) is 0 Å². The van der Waals surface area contributed by atoms with Gasteiger partial charge in [-0.25, -0.2) is 19.4 Å². The largest absolute Gasteiger partial charge is 0.459 e. The Hall–Kier alpha value is -4.85. The van der Waals surface area contributed by atoms with Crippen LogP contribution < -0.4 is 0 Å². The molecule has 6 rings (SSSR count). The zero-order valence-electron chi connectivity index (χ0n) is 25.0. The lowest BCUT2D eigenvalue weighted by Crippen LogP contribution is -2.41. The highest BCUT2D eigenvalue weighted by atomic mass is 35.5. The molecule has 0 bridgehead atoms. The van der Waals surface area contributed by atoms with Crippen LogP contribution in [0.3, 0.4) is 0 Å². The van der Waals surface area contributed by atoms with Crippen molar-refractivity contribution in [2.24, 2.45) is 0 Å². The van der Waals surface area contributed by atoms with Crippen molar-refractivity contribution in [3.63, 3.8) is 0 Å². The first-order chi connectivity index (χ1) is 22.9. The molecule has 0 aliphatic carbocycles. The number of esters is 3. The van der Waals surface area contributed by atoms with Gasteiger partial charge in [0.25, 0.3) is 0 Å². The number of benzene rings is 3. The molecule has 0 unspecified atom stereocenters. The fourth-order valence-corrected chi connectivity index (χ4v) is 5.74. The summed E-state index contributed by atoms with van der Waals surface area (Å²) >= 11 is 7.89. The Morgan fingerprint density at radius 2 is 1.34 bits per heavy atom. The lowest BCUT2D eigenvalue weighted by Gasteiger charge is -2.24. The third kappa shape index (κ3) is 7.43. The number of carbonyl (C=O) groups excluding carboxylic acids is 3. The third-order valence-corrected chi connectivity index (χ3v) is 8.36. The zero-order valence-corrected chi connectivity index (χ0v) is 26.5. The highest BCUT2D eigenvalue weighted by Crippen LogP contribution is 2.36. The van der Waals surface area contributed by atoms with Gasteiger partial charge in [0, 0.05) is 5.75 Å². The van der Waals surface area contributed by atoms with E-state index in [0.717, 1.165) is 17.0 Å². The van der Waals surface area contributed by atoms with Gasteiger partial charge in [-0.1, -0.05) is 84.9 Å². The van der Waals surface area contributed by atoms with E-state index in [1.54, 1.807) is 91.0 Å². The normalized spacial score (nSPS) is 18.9. The molecule has 1 aliphatic heterocycles. The molecule has 14 heteroatoms. The number of halogens is 1. The van der Waals surface area contributed by atoms with E-state index in [1.165, 1.54) is 11.8 Å². The summed E-state index contributed by atoms with van der Waals surface area (Å²) in [5.41, 5.74) is 1.21. The third-order valence-electron chi connectivity index (χ3n) is 7.04. The predicted molar refractivity (Wildman–Crippen MR) is 171 cm³/mol. The van der Waals surface area contributed by atoms with E-state index in [4.69, 9.17) is 30.5 Å². The minimum Gasteiger partial charge on any atom is -0.459 e. The number of carbonyl (C=O) groups is 3. The van der Waals surface area contributed by atoms with Crippen molar-refractivity contribution in [3.05, 3.63) is 113 Å². The van der Waals surface area contributed by atoms with Crippen LogP contribution in [0.5, 0.6) is 0 Å². The SMILES string of the molecule is CCCSc1nc(Cl)c2nn([C@@H]3O[C@H](COC(=O)c4ccccc4)[C@@H](OC(=O)c4ccccc4)[C@H]3OC(=O)c3ccccc3)nc2n1. The quantitative estimate of drug-likeness (QED) is 0.0567. The fraction of sp³-hybridized carbons (Fsp3) is 0.242. The summed E-state index contributed by atoms with van der Waals surface area (Å²) in [4.78, 5) is 49.6. The Labute approximate surface area is 278 Å². The van der Waals surface area contributed by atoms with E-state index in [2.05, 4.69) is 20.2 Å². The molecule has 1 saturated heterocycles. The molecular weight excluding hydrogens is 646 g/mol. The number of hydrogen-bond donors (Lipinski definition) is 0. The van der Waals surface area contributed by atoms with Crippen LogP contribution in [-0.4, -0.2) is 73.5 Å². The van der Waals surface area contributed by atoms with Crippen LogP contribution in [0.25, 0.3) is 11.2 Å². The summed E-state index contributed by atoms with van der Waals surface area (Å²) in [6.45, 7) is 1.68. The van der Waals surface area contributed by atoms with E-state index in [1.807, 2.05) is 6.92 Å². The topological polar surface area (TPSA) is 145 Å². The number of aromatic nitrogens is 5. The van der Waals surface area contributed by atoms with E-state index in [-0.39, 0.29) is 34.1 Å². The minimum absolute atomic E-state index is 0.0797. The van der Waals surface area contributed by atoms with Gasteiger partial charge in [0.05, 0.1) is 16.7 Å². The van der Waals surface area contributed by atoms with Crippen LogP contribution in [0.2, 0.25) is 5.15 Å². The van der Waals surface area contributed by atoms with Gasteiger partial charge in [-0.3, -0.25) is 0 Å². The van der Waals surface area contributed by atoms with Crippen molar-refractivity contribution in [1.29, 1.82) is 0 Å². The summed E-state index contributed by atoms with van der Waals surface area (Å²) in [6, 6.07) is 25.0. The average Bonchev–Trinajstić information content (AvgIpc) is 3.69. The zero-order chi connectivity index (χ0) is 32.8. The van der Waals surface area contributed by atoms with Gasteiger partial charge in [-0.2, -0.15) is 4.98 Å². The maximum atomic E-state index is 13.4. The molecule has 3 heterocycles. The van der Waals surface area contributed by atoms with Crippen molar-refractivity contribution in [2.75, 3.05) is 12.4 Å². The number of fused-ring (bicyclic) bond motifs is 1. The van der Waals surface area contributed by atoms with Gasteiger partial charge in [-0.05, 0) is 42.8 Å². The summed E-state index contributed by atoms with van der Waals surface area (Å²) < 4.78 is 23.8. The molecular formula is C33H28ClN5O7S. The van der Waals surface area contributed by atoms with Crippen LogP contribution >= 0.6 is 23.4 Å². The lowest BCUT2D eigenvalue weighted by molar-refractivity contribution is -0.0728. The molecule has 2 aromatic heterocycles. The number of nitrogens with zero attached hydrogens (tertiary/aromatic N) is 5. The molecule has 0 spiro atoms. The van der Waals surface area contributed by atoms with Gasteiger partial charge < -0.3 is 18.9 Å². The Morgan fingerprint density at radius 1 is 0.787 bits per heavy atom. The first-order valence-corrected chi connectivity index (χ1v) is 16.1. The Morgan fingerprint density at radius 3 is 1.91 bits per heavy atom. The van der Waals surface area contributed by atoms with Crippen molar-refractivity contribution < 1.29 is 33.3 Å². The molecule has 4 atom stereocenters. The maximum absolute atomic E-state index is 13.4. The Kier molecular flexibility index (Phi) is 10.0. The molecule has 5 aromatic rings. The van der Waals surface area contributed by atoms with Crippen LogP contribution in [-0.2, 0) is 18.9 Å². The molecule has 0 saturated carbocycles. The summed E-state index contributed by atoms with van der Waals surface area (Å²) in [7, 11) is 0. The van der Waals surface area contributed by atoms with Crippen LogP contribution in [0.4, 0.5) is 0 Å². The molecule has 12 nitrogen and oxygen atoms in total. The average molecular weight is 674 g/mol.